The fraction of sp³-hybridized carbons (Fsp3) is 0.200. The van der Waals surface area contributed by atoms with Crippen LogP contribution in [0.25, 0.3) is 10.6 Å². The van der Waals surface area contributed by atoms with Crippen molar-refractivity contribution in [2.24, 2.45) is 0 Å². The lowest BCUT2D eigenvalue weighted by Crippen LogP contribution is -2.30. The van der Waals surface area contributed by atoms with E-state index in [-0.39, 0.29) is 6.54 Å². The number of rotatable bonds is 6. The average molecular weight is 405 g/mol. The topological polar surface area (TPSA) is 45.2 Å². The van der Waals surface area contributed by atoms with Crippen molar-refractivity contribution in [3.8, 4) is 10.6 Å². The van der Waals surface area contributed by atoms with Crippen LogP contribution in [0.15, 0.2) is 41.8 Å². The van der Waals surface area contributed by atoms with Gasteiger partial charge in [-0.3, -0.25) is 9.69 Å². The van der Waals surface area contributed by atoms with Crippen LogP contribution in [-0.2, 0) is 11.3 Å². The standard InChI is InChI=1S/C20H18F3N3OS/c1-12-3-5-13(6-4-12)20-24-14(11-28-20)9-26(2)10-17(27)25-16-8-7-15(21)18(22)19(16)23/h3-8,11H,9-10H2,1-2H3,(H,25,27). The van der Waals surface area contributed by atoms with Crippen molar-refractivity contribution < 1.29 is 18.0 Å². The minimum absolute atomic E-state index is 0.0597. The highest BCUT2D eigenvalue weighted by atomic mass is 32.1. The molecule has 0 aliphatic carbocycles. The first-order valence-electron chi connectivity index (χ1n) is 8.47. The minimum Gasteiger partial charge on any atom is -0.322 e. The summed E-state index contributed by atoms with van der Waals surface area (Å²) in [7, 11) is 1.71. The van der Waals surface area contributed by atoms with Gasteiger partial charge in [-0.15, -0.1) is 11.3 Å². The fourth-order valence-electron chi connectivity index (χ4n) is 2.60. The zero-order chi connectivity index (χ0) is 20.3. The molecule has 3 rings (SSSR count). The number of nitrogens with one attached hydrogen (secondary N) is 1. The second-order valence-corrected chi connectivity index (χ2v) is 7.31. The Kier molecular flexibility index (Phi) is 6.11. The number of likely N-dealkylation sites (N-methyl/N-ethyl adjacent to an activating group) is 1. The second-order valence-electron chi connectivity index (χ2n) is 6.45. The number of nitrogens with zero attached hydrogens (tertiary/aromatic N) is 2. The van der Waals surface area contributed by atoms with E-state index in [0.717, 1.165) is 28.4 Å². The van der Waals surface area contributed by atoms with Gasteiger partial charge in [-0.05, 0) is 26.1 Å². The summed E-state index contributed by atoms with van der Waals surface area (Å²) in [5.74, 6) is -4.88. The van der Waals surface area contributed by atoms with E-state index in [1.165, 1.54) is 16.9 Å². The number of carbonyl (C=O) groups excluding carboxylic acids is 1. The number of aryl methyl sites for hydroxylation is 1. The van der Waals surface area contributed by atoms with Gasteiger partial charge in [0, 0.05) is 17.5 Å². The summed E-state index contributed by atoms with van der Waals surface area (Å²) in [4.78, 5) is 18.3. The minimum atomic E-state index is -1.61. The van der Waals surface area contributed by atoms with Gasteiger partial charge >= 0.3 is 0 Å². The van der Waals surface area contributed by atoms with Gasteiger partial charge in [0.25, 0.3) is 0 Å². The van der Waals surface area contributed by atoms with Crippen molar-refractivity contribution in [2.45, 2.75) is 13.5 Å². The monoisotopic (exact) mass is 405 g/mol. The van der Waals surface area contributed by atoms with E-state index < -0.39 is 29.0 Å². The molecule has 0 spiro atoms. The maximum absolute atomic E-state index is 13.6. The van der Waals surface area contributed by atoms with E-state index in [9.17, 15) is 18.0 Å². The Labute approximate surface area is 164 Å². The van der Waals surface area contributed by atoms with E-state index in [1.807, 2.05) is 36.6 Å². The van der Waals surface area contributed by atoms with E-state index >= 15 is 0 Å². The maximum Gasteiger partial charge on any atom is 0.238 e. The van der Waals surface area contributed by atoms with Gasteiger partial charge in [0.1, 0.15) is 5.01 Å². The molecule has 0 radical (unpaired) electrons. The van der Waals surface area contributed by atoms with Gasteiger partial charge < -0.3 is 5.32 Å². The first-order valence-corrected chi connectivity index (χ1v) is 9.35. The van der Waals surface area contributed by atoms with E-state index in [2.05, 4.69) is 10.3 Å². The largest absolute Gasteiger partial charge is 0.322 e. The molecule has 0 aliphatic heterocycles. The third-order valence-corrected chi connectivity index (χ3v) is 4.95. The average Bonchev–Trinajstić information content (AvgIpc) is 3.11. The van der Waals surface area contributed by atoms with Crippen LogP contribution in [0.2, 0.25) is 0 Å². The molecule has 8 heteroatoms. The van der Waals surface area contributed by atoms with Gasteiger partial charge in [0.15, 0.2) is 17.5 Å². The van der Waals surface area contributed by atoms with E-state index in [1.54, 1.807) is 11.9 Å². The fourth-order valence-corrected chi connectivity index (χ4v) is 3.42. The third kappa shape index (κ3) is 4.76. The van der Waals surface area contributed by atoms with Crippen LogP contribution in [-0.4, -0.2) is 29.4 Å². The molecular formula is C20H18F3N3OS. The molecule has 0 fully saturated rings. The molecule has 0 bridgehead atoms. The van der Waals surface area contributed by atoms with Crippen LogP contribution in [0, 0.1) is 24.4 Å². The van der Waals surface area contributed by atoms with Crippen molar-refractivity contribution in [2.75, 3.05) is 18.9 Å². The second kappa shape index (κ2) is 8.53. The number of hydrogen-bond donors (Lipinski definition) is 1. The molecule has 1 heterocycles. The molecule has 2 aromatic carbocycles. The summed E-state index contributed by atoms with van der Waals surface area (Å²) in [5.41, 5.74) is 2.60. The molecule has 0 atom stereocenters. The van der Waals surface area contributed by atoms with Crippen LogP contribution in [0.5, 0.6) is 0 Å². The van der Waals surface area contributed by atoms with E-state index in [0.29, 0.717) is 6.54 Å². The summed E-state index contributed by atoms with van der Waals surface area (Å²) in [6.45, 7) is 2.37. The molecule has 0 saturated heterocycles. The highest BCUT2D eigenvalue weighted by Gasteiger charge is 2.16. The Morgan fingerprint density at radius 2 is 1.82 bits per heavy atom. The molecule has 4 nitrogen and oxygen atoms in total. The maximum atomic E-state index is 13.6. The molecule has 0 aliphatic rings. The summed E-state index contributed by atoms with van der Waals surface area (Å²) < 4.78 is 39.8. The molecule has 3 aromatic rings. The normalized spacial score (nSPS) is 11.1. The van der Waals surface area contributed by atoms with Crippen LogP contribution >= 0.6 is 11.3 Å². The first-order chi connectivity index (χ1) is 13.3. The number of aromatic nitrogens is 1. The molecule has 146 valence electrons. The molecular weight excluding hydrogens is 387 g/mol. The molecule has 0 saturated carbocycles. The molecule has 1 amide bonds. The molecule has 0 unspecified atom stereocenters. The molecule has 1 N–H and O–H groups in total. The van der Waals surface area contributed by atoms with E-state index in [4.69, 9.17) is 0 Å². The SMILES string of the molecule is Cc1ccc(-c2nc(CN(C)CC(=O)Nc3ccc(F)c(F)c3F)cs2)cc1. The number of hydrogen-bond acceptors (Lipinski definition) is 4. The summed E-state index contributed by atoms with van der Waals surface area (Å²) in [5, 5.41) is 5.05. The quantitative estimate of drug-likeness (QED) is 0.610. The smallest absolute Gasteiger partial charge is 0.238 e. The van der Waals surface area contributed by atoms with Crippen LogP contribution in [0.4, 0.5) is 18.9 Å². The Morgan fingerprint density at radius 1 is 1.11 bits per heavy atom. The predicted octanol–water partition coefficient (Wildman–Crippen LogP) is 4.61. The summed E-state index contributed by atoms with van der Waals surface area (Å²) in [6, 6.07) is 9.80. The van der Waals surface area contributed by atoms with Crippen molar-refractivity contribution >= 4 is 22.9 Å². The van der Waals surface area contributed by atoms with Crippen LogP contribution < -0.4 is 5.32 Å². The number of halogens is 3. The Balaban J connectivity index is 1.58. The van der Waals surface area contributed by atoms with Gasteiger partial charge in [0.2, 0.25) is 5.91 Å². The predicted molar refractivity (Wildman–Crippen MR) is 104 cm³/mol. The highest BCUT2D eigenvalue weighted by Crippen LogP contribution is 2.24. The summed E-state index contributed by atoms with van der Waals surface area (Å²) in [6.07, 6.45) is 0. The van der Waals surface area contributed by atoms with Crippen molar-refractivity contribution in [1.29, 1.82) is 0 Å². The summed E-state index contributed by atoms with van der Waals surface area (Å²) >= 11 is 1.51. The number of benzene rings is 2. The lowest BCUT2D eigenvalue weighted by molar-refractivity contribution is -0.117. The Hall–Kier alpha value is -2.71. The third-order valence-electron chi connectivity index (χ3n) is 4.00. The van der Waals surface area contributed by atoms with Crippen LogP contribution in [0.3, 0.4) is 0 Å². The van der Waals surface area contributed by atoms with Crippen molar-refractivity contribution in [1.82, 2.24) is 9.88 Å². The van der Waals surface area contributed by atoms with Gasteiger partial charge in [-0.2, -0.15) is 0 Å². The number of thiazole rings is 1. The van der Waals surface area contributed by atoms with Crippen molar-refractivity contribution in [3.05, 3.63) is 70.5 Å². The highest BCUT2D eigenvalue weighted by molar-refractivity contribution is 7.13. The Bertz CT molecular complexity index is 989. The number of amides is 1. The van der Waals surface area contributed by atoms with Crippen LogP contribution in [0.1, 0.15) is 11.3 Å². The lowest BCUT2D eigenvalue weighted by atomic mass is 10.2. The zero-order valence-electron chi connectivity index (χ0n) is 15.3. The lowest BCUT2D eigenvalue weighted by Gasteiger charge is -2.15. The molecule has 1 aromatic heterocycles. The first kappa shape index (κ1) is 20.0. The number of anilines is 1. The van der Waals surface area contributed by atoms with Gasteiger partial charge in [0.05, 0.1) is 17.9 Å². The zero-order valence-corrected chi connectivity index (χ0v) is 16.1. The Morgan fingerprint density at radius 3 is 2.54 bits per heavy atom. The molecule has 28 heavy (non-hydrogen) atoms. The van der Waals surface area contributed by atoms with Gasteiger partial charge in [-0.25, -0.2) is 18.2 Å². The van der Waals surface area contributed by atoms with Crippen molar-refractivity contribution in [3.63, 3.8) is 0 Å². The number of carbonyl (C=O) groups is 1. The van der Waals surface area contributed by atoms with Gasteiger partial charge in [-0.1, -0.05) is 29.8 Å².